The van der Waals surface area contributed by atoms with Gasteiger partial charge in [-0.1, -0.05) is 6.07 Å². The number of anilines is 1. The van der Waals surface area contributed by atoms with Crippen molar-refractivity contribution in [2.24, 2.45) is 0 Å². The van der Waals surface area contributed by atoms with Gasteiger partial charge in [0.25, 0.3) is 5.91 Å². The number of carbonyl (C=O) groups excluding carboxylic acids is 3. The Morgan fingerprint density at radius 2 is 1.75 bits per heavy atom. The van der Waals surface area contributed by atoms with E-state index in [9.17, 15) is 22.8 Å². The number of urea groups is 1. The van der Waals surface area contributed by atoms with Gasteiger partial charge in [-0.2, -0.15) is 0 Å². The van der Waals surface area contributed by atoms with Crippen LogP contribution < -0.4 is 20.1 Å². The Bertz CT molecular complexity index is 1210. The first-order chi connectivity index (χ1) is 15.1. The maximum Gasteiger partial charge on any atom is 0.325 e. The summed E-state index contributed by atoms with van der Waals surface area (Å²) in [4.78, 5) is 39.0. The SMILES string of the molecule is C[C@]1(c2ccc3c(c2)OCCO3)NC(=O)N(CC(=O)Nc2ccc(S(C)(=O)=O)cc2)C1=O. The van der Waals surface area contributed by atoms with Crippen LogP contribution in [0, 0.1) is 0 Å². The van der Waals surface area contributed by atoms with E-state index in [0.717, 1.165) is 11.2 Å². The van der Waals surface area contributed by atoms with Crippen LogP contribution in [-0.4, -0.2) is 57.2 Å². The van der Waals surface area contributed by atoms with E-state index in [1.54, 1.807) is 25.1 Å². The molecule has 2 aliphatic rings. The molecule has 32 heavy (non-hydrogen) atoms. The molecule has 11 heteroatoms. The van der Waals surface area contributed by atoms with E-state index >= 15 is 0 Å². The first-order valence-corrected chi connectivity index (χ1v) is 11.6. The van der Waals surface area contributed by atoms with E-state index < -0.39 is 39.8 Å². The molecule has 10 nitrogen and oxygen atoms in total. The van der Waals surface area contributed by atoms with Crippen LogP contribution in [0.4, 0.5) is 10.5 Å². The lowest BCUT2D eigenvalue weighted by molar-refractivity contribution is -0.133. The topological polar surface area (TPSA) is 131 Å². The van der Waals surface area contributed by atoms with Crippen molar-refractivity contribution in [3.63, 3.8) is 0 Å². The first kappa shape index (κ1) is 21.6. The summed E-state index contributed by atoms with van der Waals surface area (Å²) in [5.74, 6) is -0.155. The zero-order chi connectivity index (χ0) is 23.1. The van der Waals surface area contributed by atoms with E-state index in [0.29, 0.717) is 36.0 Å². The molecule has 168 valence electrons. The van der Waals surface area contributed by atoms with Crippen LogP contribution in [0.15, 0.2) is 47.4 Å². The van der Waals surface area contributed by atoms with Crippen LogP contribution >= 0.6 is 0 Å². The van der Waals surface area contributed by atoms with Crippen molar-refractivity contribution >= 4 is 33.4 Å². The monoisotopic (exact) mass is 459 g/mol. The molecule has 0 spiro atoms. The fourth-order valence-corrected chi connectivity index (χ4v) is 4.15. The zero-order valence-electron chi connectivity index (χ0n) is 17.4. The highest BCUT2D eigenvalue weighted by molar-refractivity contribution is 7.90. The van der Waals surface area contributed by atoms with Gasteiger partial charge in [-0.05, 0) is 48.9 Å². The highest BCUT2D eigenvalue weighted by Gasteiger charge is 2.49. The molecule has 4 rings (SSSR count). The maximum atomic E-state index is 13.1. The van der Waals surface area contributed by atoms with Crippen molar-refractivity contribution in [3.05, 3.63) is 48.0 Å². The lowest BCUT2D eigenvalue weighted by Gasteiger charge is -2.25. The van der Waals surface area contributed by atoms with Crippen molar-refractivity contribution in [2.45, 2.75) is 17.4 Å². The predicted molar refractivity (Wildman–Crippen MR) is 113 cm³/mol. The number of amides is 4. The number of fused-ring (bicyclic) bond motifs is 1. The minimum absolute atomic E-state index is 0.111. The summed E-state index contributed by atoms with van der Waals surface area (Å²) in [7, 11) is -3.36. The van der Waals surface area contributed by atoms with Gasteiger partial charge in [0, 0.05) is 11.9 Å². The van der Waals surface area contributed by atoms with E-state index in [4.69, 9.17) is 9.47 Å². The third kappa shape index (κ3) is 3.98. The summed E-state index contributed by atoms with van der Waals surface area (Å²) < 4.78 is 34.1. The van der Waals surface area contributed by atoms with Crippen LogP contribution in [0.2, 0.25) is 0 Å². The number of rotatable bonds is 5. The number of imide groups is 1. The molecule has 0 radical (unpaired) electrons. The number of hydrogen-bond donors (Lipinski definition) is 2. The molecular weight excluding hydrogens is 438 g/mol. The molecule has 2 N–H and O–H groups in total. The number of nitrogens with zero attached hydrogens (tertiary/aromatic N) is 1. The number of hydrogen-bond acceptors (Lipinski definition) is 7. The average molecular weight is 459 g/mol. The fourth-order valence-electron chi connectivity index (χ4n) is 3.52. The van der Waals surface area contributed by atoms with Crippen LogP contribution in [0.5, 0.6) is 11.5 Å². The van der Waals surface area contributed by atoms with Crippen molar-refractivity contribution in [2.75, 3.05) is 31.3 Å². The Hall–Kier alpha value is -3.60. The van der Waals surface area contributed by atoms with E-state index in [1.165, 1.54) is 24.3 Å². The molecule has 1 fully saturated rings. The van der Waals surface area contributed by atoms with Gasteiger partial charge in [-0.3, -0.25) is 14.5 Å². The van der Waals surface area contributed by atoms with Gasteiger partial charge in [0.15, 0.2) is 21.3 Å². The van der Waals surface area contributed by atoms with E-state index in [-0.39, 0.29) is 4.90 Å². The second-order valence-corrected chi connectivity index (χ2v) is 9.67. The fraction of sp³-hybridized carbons (Fsp3) is 0.286. The van der Waals surface area contributed by atoms with Crippen LogP contribution in [-0.2, 0) is 25.0 Å². The minimum Gasteiger partial charge on any atom is -0.486 e. The van der Waals surface area contributed by atoms with Crippen molar-refractivity contribution in [1.29, 1.82) is 0 Å². The maximum absolute atomic E-state index is 13.1. The summed E-state index contributed by atoms with van der Waals surface area (Å²) in [5, 5.41) is 5.19. The summed E-state index contributed by atoms with van der Waals surface area (Å²) in [6, 6.07) is 9.85. The van der Waals surface area contributed by atoms with Crippen LogP contribution in [0.25, 0.3) is 0 Å². The number of nitrogens with one attached hydrogen (secondary N) is 2. The second kappa shape index (κ2) is 7.83. The molecular formula is C21H21N3O7S. The molecule has 0 aromatic heterocycles. The molecule has 0 bridgehead atoms. The molecule has 0 saturated carbocycles. The second-order valence-electron chi connectivity index (χ2n) is 7.65. The molecule has 0 unspecified atom stereocenters. The molecule has 1 atom stereocenters. The number of sulfone groups is 1. The Labute approximate surface area is 184 Å². The number of carbonyl (C=O) groups is 3. The van der Waals surface area contributed by atoms with Gasteiger partial charge >= 0.3 is 6.03 Å². The van der Waals surface area contributed by atoms with Crippen molar-refractivity contribution in [1.82, 2.24) is 10.2 Å². The minimum atomic E-state index is -3.36. The molecule has 0 aliphatic carbocycles. The molecule has 2 aliphatic heterocycles. The Morgan fingerprint density at radius 1 is 1.09 bits per heavy atom. The highest BCUT2D eigenvalue weighted by atomic mass is 32.2. The van der Waals surface area contributed by atoms with Gasteiger partial charge in [0.05, 0.1) is 4.90 Å². The highest BCUT2D eigenvalue weighted by Crippen LogP contribution is 2.36. The van der Waals surface area contributed by atoms with Crippen molar-refractivity contribution < 1.29 is 32.3 Å². The van der Waals surface area contributed by atoms with Gasteiger partial charge in [0.2, 0.25) is 5.91 Å². The van der Waals surface area contributed by atoms with E-state index in [2.05, 4.69) is 10.6 Å². The lowest BCUT2D eigenvalue weighted by atomic mass is 9.91. The predicted octanol–water partition coefficient (Wildman–Crippen LogP) is 1.27. The average Bonchev–Trinajstić information content (AvgIpc) is 2.97. The molecule has 2 aromatic rings. The van der Waals surface area contributed by atoms with Crippen molar-refractivity contribution in [3.8, 4) is 11.5 Å². The van der Waals surface area contributed by atoms with Crippen LogP contribution in [0.3, 0.4) is 0 Å². The molecule has 4 amide bonds. The largest absolute Gasteiger partial charge is 0.486 e. The van der Waals surface area contributed by atoms with E-state index in [1.807, 2.05) is 0 Å². The smallest absolute Gasteiger partial charge is 0.325 e. The molecule has 2 aromatic carbocycles. The van der Waals surface area contributed by atoms with Gasteiger partial charge in [0.1, 0.15) is 25.3 Å². The normalized spacial score (nSPS) is 20.1. The van der Waals surface area contributed by atoms with Gasteiger partial charge in [-0.25, -0.2) is 13.2 Å². The number of benzene rings is 2. The Morgan fingerprint density at radius 3 is 2.41 bits per heavy atom. The zero-order valence-corrected chi connectivity index (χ0v) is 18.2. The Kier molecular flexibility index (Phi) is 5.29. The standard InChI is InChI=1S/C21H21N3O7S/c1-21(13-3-8-16-17(11-13)31-10-9-30-16)19(26)24(20(27)23-21)12-18(25)22-14-4-6-15(7-5-14)32(2,28)29/h3-8,11H,9-10,12H2,1-2H3,(H,22,25)(H,23,27)/t21-/m1/s1. The van der Waals surface area contributed by atoms with Crippen LogP contribution in [0.1, 0.15) is 12.5 Å². The third-order valence-electron chi connectivity index (χ3n) is 5.26. The lowest BCUT2D eigenvalue weighted by Crippen LogP contribution is -2.42. The Balaban J connectivity index is 1.47. The summed E-state index contributed by atoms with van der Waals surface area (Å²) in [6.07, 6.45) is 1.08. The van der Waals surface area contributed by atoms with Gasteiger partial charge in [-0.15, -0.1) is 0 Å². The first-order valence-electron chi connectivity index (χ1n) is 9.72. The third-order valence-corrected chi connectivity index (χ3v) is 6.39. The molecule has 2 heterocycles. The summed E-state index contributed by atoms with van der Waals surface area (Å²) >= 11 is 0. The number of ether oxygens (including phenoxy) is 2. The molecule has 1 saturated heterocycles. The van der Waals surface area contributed by atoms with Gasteiger partial charge < -0.3 is 20.1 Å². The quantitative estimate of drug-likeness (QED) is 0.644. The summed E-state index contributed by atoms with van der Waals surface area (Å²) in [5.41, 5.74) is -0.534. The summed E-state index contributed by atoms with van der Waals surface area (Å²) in [6.45, 7) is 1.86.